The van der Waals surface area contributed by atoms with E-state index in [1.165, 1.54) is 55.8 Å². The summed E-state index contributed by atoms with van der Waals surface area (Å²) in [5.74, 6) is -4.89. The maximum Gasteiger partial charge on any atom is 0.271 e. The number of phenols is 1. The van der Waals surface area contributed by atoms with Crippen LogP contribution in [0.3, 0.4) is 0 Å². The summed E-state index contributed by atoms with van der Waals surface area (Å²) in [7, 11) is 0. The Kier molecular flexibility index (Phi) is 18.6. The SMILES string of the molecule is Cc1sc2nc1C(=O)N[C@@H]([C@H](O)c1ccccc1)c1nc(cs1)C(=O)N[C@@H](Cc1ccc(O)cc1)C(=O)N1C[C@H](O)[C@H](C)[C@@H]1c1nc(cs1)-c1nc(cs1)-c1nc(-c3nc(C(=O)NC[C@@H]4OC(O)[C@@H](O)[C@H](O)[C@H]4O)cs3)ccc1-c1nc(cs1)C(=O)N[C@H]2CC(N)=O. The molecule has 13 N–H and O–H groups in total. The monoisotopic (exact) mass is 1360 g/mol. The number of primary amides is 1. The van der Waals surface area contributed by atoms with E-state index in [0.717, 1.165) is 45.3 Å². The number of hydrogen-bond donors (Lipinski definition) is 12. The second kappa shape index (κ2) is 26.7. The molecule has 3 aliphatic rings. The number of fused-ring (bicyclic) bond motifs is 16. The summed E-state index contributed by atoms with van der Waals surface area (Å²) in [5.41, 5.74) is 8.07. The first kappa shape index (κ1) is 63.8. The summed E-state index contributed by atoms with van der Waals surface area (Å²) in [5, 5.41) is 94.9. The highest BCUT2D eigenvalue weighted by Gasteiger charge is 2.46. The van der Waals surface area contributed by atoms with Crippen molar-refractivity contribution in [3.63, 3.8) is 0 Å². The fourth-order valence-corrected chi connectivity index (χ4v) is 16.0. The number of aromatic nitrogens is 7. The minimum Gasteiger partial charge on any atom is -0.508 e. The zero-order chi connectivity index (χ0) is 64.8. The lowest BCUT2D eigenvalue weighted by atomic mass is 9.99. The molecule has 7 aromatic heterocycles. The van der Waals surface area contributed by atoms with Crippen molar-refractivity contribution >= 4 is 103 Å². The van der Waals surface area contributed by atoms with E-state index in [-0.39, 0.29) is 68.8 Å². The number of nitrogens with one attached hydrogen (secondary N) is 4. The number of pyridine rings is 1. The summed E-state index contributed by atoms with van der Waals surface area (Å²) in [6.07, 6.45) is -11.1. The Morgan fingerprint density at radius 3 is 2.09 bits per heavy atom. The van der Waals surface area contributed by atoms with Crippen LogP contribution < -0.4 is 27.0 Å². The fourth-order valence-electron chi connectivity index (χ4n) is 10.7. The van der Waals surface area contributed by atoms with Gasteiger partial charge in [0.2, 0.25) is 11.8 Å². The van der Waals surface area contributed by atoms with E-state index in [2.05, 4.69) is 36.2 Å². The molecule has 0 aliphatic carbocycles. The Morgan fingerprint density at radius 1 is 0.674 bits per heavy atom. The molecule has 92 heavy (non-hydrogen) atoms. The van der Waals surface area contributed by atoms with Crippen molar-refractivity contribution in [1.82, 2.24) is 61.1 Å². The highest BCUT2D eigenvalue weighted by molar-refractivity contribution is 7.15. The third kappa shape index (κ3) is 13.2. The molecular weight excluding hydrogens is 1310 g/mol. The summed E-state index contributed by atoms with van der Waals surface area (Å²) >= 11 is 6.63. The molecule has 10 bridgehead atoms. The number of nitrogens with zero attached hydrogens (tertiary/aromatic N) is 8. The Balaban J connectivity index is 0.925. The summed E-state index contributed by atoms with van der Waals surface area (Å²) in [6, 6.07) is 13.4. The summed E-state index contributed by atoms with van der Waals surface area (Å²) in [6.45, 7) is 2.92. The van der Waals surface area contributed by atoms with E-state index in [1.54, 1.807) is 79.2 Å². The lowest BCUT2D eigenvalue weighted by Crippen LogP contribution is -2.60. The molecule has 27 nitrogen and oxygen atoms in total. The number of rotatable bonds is 10. The lowest BCUT2D eigenvalue weighted by molar-refractivity contribution is -0.279. The number of phenolic OH excluding ortho intramolecular Hbond substituents is 1. The van der Waals surface area contributed by atoms with Gasteiger partial charge in [-0.3, -0.25) is 28.8 Å². The largest absolute Gasteiger partial charge is 0.508 e. The number of carbonyl (C=O) groups is 6. The number of nitrogens with two attached hydrogens (primary N) is 1. The molecule has 476 valence electrons. The van der Waals surface area contributed by atoms with Gasteiger partial charge in [0.25, 0.3) is 23.6 Å². The number of aromatic hydroxyl groups is 1. The van der Waals surface area contributed by atoms with Gasteiger partial charge >= 0.3 is 0 Å². The molecular formula is C59H55N13O14S6. The first-order valence-electron chi connectivity index (χ1n) is 28.3. The molecule has 33 heteroatoms. The Morgan fingerprint density at radius 2 is 1.33 bits per heavy atom. The van der Waals surface area contributed by atoms with Crippen molar-refractivity contribution in [2.75, 3.05) is 13.1 Å². The average molecular weight is 1360 g/mol. The van der Waals surface area contributed by atoms with Crippen molar-refractivity contribution in [3.05, 3.63) is 147 Å². The number of aliphatic hydroxyl groups is 6. The number of ether oxygens (including phenoxy) is 1. The molecule has 2 fully saturated rings. The molecule has 12 atom stereocenters. The van der Waals surface area contributed by atoms with E-state index in [1.807, 2.05) is 0 Å². The molecule has 1 unspecified atom stereocenters. The van der Waals surface area contributed by atoms with Crippen LogP contribution in [0, 0.1) is 12.8 Å². The third-order valence-corrected chi connectivity index (χ3v) is 21.1. The molecule has 6 amide bonds. The number of thiazole rings is 6. The van der Waals surface area contributed by atoms with Gasteiger partial charge < -0.3 is 72.4 Å². The topological polar surface area (TPSA) is 421 Å². The lowest BCUT2D eigenvalue weighted by Gasteiger charge is -2.38. The number of hydrogen-bond acceptors (Lipinski definition) is 27. The zero-order valence-electron chi connectivity index (χ0n) is 48.1. The highest BCUT2D eigenvalue weighted by Crippen LogP contribution is 2.43. The predicted octanol–water partition coefficient (Wildman–Crippen LogP) is 3.82. The van der Waals surface area contributed by atoms with Crippen LogP contribution in [-0.4, -0.2) is 167 Å². The minimum atomic E-state index is -1.81. The second-order valence-electron chi connectivity index (χ2n) is 21.8. The molecule has 2 saturated heterocycles. The van der Waals surface area contributed by atoms with Crippen LogP contribution in [0.2, 0.25) is 0 Å². The molecule has 9 aromatic rings. The fraction of sp³-hybridized carbons (Fsp3) is 0.305. The van der Waals surface area contributed by atoms with Gasteiger partial charge in [-0.2, -0.15) is 0 Å². The Hall–Kier alpha value is -8.29. The molecule has 10 heterocycles. The van der Waals surface area contributed by atoms with Gasteiger partial charge in [-0.15, -0.1) is 68.0 Å². The van der Waals surface area contributed by atoms with Crippen LogP contribution in [0.1, 0.15) is 111 Å². The first-order chi connectivity index (χ1) is 44.2. The number of aryl methyl sites for hydroxylation is 1. The number of benzene rings is 2. The van der Waals surface area contributed by atoms with Crippen molar-refractivity contribution in [3.8, 4) is 49.1 Å². The molecule has 3 aliphatic heterocycles. The van der Waals surface area contributed by atoms with E-state index >= 15 is 4.79 Å². The van der Waals surface area contributed by atoms with Crippen molar-refractivity contribution in [2.24, 2.45) is 11.7 Å². The van der Waals surface area contributed by atoms with Gasteiger partial charge in [0.05, 0.1) is 30.3 Å². The molecule has 12 rings (SSSR count). The summed E-state index contributed by atoms with van der Waals surface area (Å²) in [4.78, 5) is 120. The normalized spacial score (nSPS) is 24.0. The van der Waals surface area contributed by atoms with Crippen molar-refractivity contribution in [1.29, 1.82) is 0 Å². The highest BCUT2D eigenvalue weighted by atomic mass is 32.1. The van der Waals surface area contributed by atoms with Crippen molar-refractivity contribution < 1.29 is 69.2 Å². The van der Waals surface area contributed by atoms with Crippen LogP contribution in [-0.2, 0) is 20.7 Å². The van der Waals surface area contributed by atoms with Crippen LogP contribution in [0.4, 0.5) is 0 Å². The average Bonchev–Trinajstić information content (AvgIpc) is 1.62. The molecule has 0 saturated carbocycles. The molecule has 0 radical (unpaired) electrons. The van der Waals surface area contributed by atoms with Gasteiger partial charge in [0.1, 0.15) is 118 Å². The third-order valence-electron chi connectivity index (χ3n) is 15.6. The van der Waals surface area contributed by atoms with Gasteiger partial charge in [0.15, 0.2) is 6.29 Å². The van der Waals surface area contributed by atoms with E-state index in [0.29, 0.717) is 53.7 Å². The predicted molar refractivity (Wildman–Crippen MR) is 337 cm³/mol. The van der Waals surface area contributed by atoms with E-state index < -0.39 is 115 Å². The summed E-state index contributed by atoms with van der Waals surface area (Å²) < 4.78 is 5.21. The molecule has 2 aromatic carbocycles. The zero-order valence-corrected chi connectivity index (χ0v) is 53.0. The van der Waals surface area contributed by atoms with Crippen molar-refractivity contribution in [2.45, 2.75) is 93.8 Å². The van der Waals surface area contributed by atoms with Gasteiger partial charge in [-0.05, 0) is 42.3 Å². The molecule has 0 spiro atoms. The smallest absolute Gasteiger partial charge is 0.271 e. The van der Waals surface area contributed by atoms with Crippen LogP contribution in [0.25, 0.3) is 43.4 Å². The van der Waals surface area contributed by atoms with Gasteiger partial charge in [-0.1, -0.05) is 49.4 Å². The maximum absolute atomic E-state index is 15.2. The maximum atomic E-state index is 15.2. The van der Waals surface area contributed by atoms with Crippen LogP contribution >= 0.6 is 68.0 Å². The van der Waals surface area contributed by atoms with Crippen LogP contribution in [0.15, 0.2) is 93.6 Å². The Bertz CT molecular complexity index is 4250. The number of carbonyl (C=O) groups excluding carboxylic acids is 6. The minimum absolute atomic E-state index is 0.0208. The van der Waals surface area contributed by atoms with Gasteiger partial charge in [-0.25, -0.2) is 34.9 Å². The van der Waals surface area contributed by atoms with Crippen LogP contribution in [0.5, 0.6) is 5.75 Å². The quantitative estimate of drug-likeness (QED) is 0.0926. The Labute approximate surface area is 545 Å². The van der Waals surface area contributed by atoms with E-state index in [4.69, 9.17) is 30.4 Å². The number of amides is 6. The van der Waals surface area contributed by atoms with E-state index in [9.17, 15) is 59.7 Å². The first-order valence-corrected chi connectivity index (χ1v) is 33.5. The standard InChI is InChI=1S/C59H55N13O14S6/c1-23-37(74)17-72-43(23)57-69-36(22-91-57)54-65-32(18-88-54)41-28(12-13-29(62-41)53-67-33(19-89-53)48(80)61-16-38-45(77)46(78)47(79)59(85)86-38)52-66-34(20-87-52)49(81)63-30(15-39(60)75)55-71-40(24(2)92-55)51(83)70-42(44(76)26-6-4-3-5-7-26)56-68-35(21-90-56)50(82)64-31(58(72)84)14-25-8-10-27(73)11-9-25/h3-13,18-23,30-31,37-38,42-47,59,73-74,76-79,85H,14-17H2,1-2H3,(H2,60,75)(H,61,80)(H,63,81)(H,64,82)(H,70,83)/t23-,30-,31-,37-,38-,42-,43+,44+,45-,46+,47-,59?/m0/s1. The van der Waals surface area contributed by atoms with Gasteiger partial charge in [0, 0.05) is 62.8 Å². The number of aliphatic hydroxyl groups excluding tert-OH is 6. The second-order valence-corrected chi connectivity index (χ2v) is 27.4.